The van der Waals surface area contributed by atoms with Crippen LogP contribution in [0.25, 0.3) is 0 Å². The number of amides is 1. The van der Waals surface area contributed by atoms with Gasteiger partial charge in [0.15, 0.2) is 0 Å². The number of likely N-dealkylation sites (N-methyl/N-ethyl adjacent to an activating group) is 1. The predicted molar refractivity (Wildman–Crippen MR) is 78.9 cm³/mol. The number of aliphatic hydroxyl groups excluding tert-OH is 1. The first kappa shape index (κ1) is 14.5. The number of aromatic nitrogens is 2. The van der Waals surface area contributed by atoms with Gasteiger partial charge in [-0.3, -0.25) is 14.4 Å². The summed E-state index contributed by atoms with van der Waals surface area (Å²) in [6.45, 7) is 2.15. The standard InChI is InChI=1S/C15H24N4O2/c1-17-10-7-11(16-17)15(21)18(2)12-5-6-13(14(12)20)19-8-3-4-9-19/h7,10,12-14,20H,3-6,8-9H2,1-2H3/t12-,13-,14-/m1/s1. The summed E-state index contributed by atoms with van der Waals surface area (Å²) in [5.74, 6) is -0.110. The second-order valence-electron chi connectivity index (χ2n) is 6.24. The molecule has 0 unspecified atom stereocenters. The third-order valence-electron chi connectivity index (χ3n) is 4.91. The number of rotatable bonds is 3. The molecule has 0 spiro atoms. The number of likely N-dealkylation sites (tertiary alicyclic amines) is 1. The molecule has 3 atom stereocenters. The number of aryl methyl sites for hydroxylation is 1. The number of carbonyl (C=O) groups is 1. The summed E-state index contributed by atoms with van der Waals surface area (Å²) in [5.41, 5.74) is 0.442. The van der Waals surface area contributed by atoms with E-state index in [-0.39, 0.29) is 18.0 Å². The van der Waals surface area contributed by atoms with Crippen LogP contribution in [0.1, 0.15) is 36.2 Å². The van der Waals surface area contributed by atoms with Gasteiger partial charge in [-0.2, -0.15) is 5.10 Å². The summed E-state index contributed by atoms with van der Waals surface area (Å²) in [4.78, 5) is 16.5. The Balaban J connectivity index is 1.67. The zero-order valence-corrected chi connectivity index (χ0v) is 12.8. The van der Waals surface area contributed by atoms with E-state index >= 15 is 0 Å². The largest absolute Gasteiger partial charge is 0.389 e. The van der Waals surface area contributed by atoms with E-state index in [0.29, 0.717) is 5.69 Å². The third-order valence-corrected chi connectivity index (χ3v) is 4.91. The molecule has 0 radical (unpaired) electrons. The molecule has 6 nitrogen and oxygen atoms in total. The Hall–Kier alpha value is -1.40. The molecule has 0 aromatic carbocycles. The van der Waals surface area contributed by atoms with Crippen LogP contribution in [-0.2, 0) is 7.05 Å². The minimum atomic E-state index is -0.458. The highest BCUT2D eigenvalue weighted by Crippen LogP contribution is 2.30. The van der Waals surface area contributed by atoms with Gasteiger partial charge in [-0.05, 0) is 44.8 Å². The molecule has 2 heterocycles. The minimum absolute atomic E-state index is 0.106. The van der Waals surface area contributed by atoms with Crippen LogP contribution in [0.3, 0.4) is 0 Å². The van der Waals surface area contributed by atoms with Gasteiger partial charge in [-0.15, -0.1) is 0 Å². The smallest absolute Gasteiger partial charge is 0.274 e. The second-order valence-corrected chi connectivity index (χ2v) is 6.24. The van der Waals surface area contributed by atoms with Gasteiger partial charge in [0.25, 0.3) is 5.91 Å². The molecule has 1 N–H and O–H groups in total. The van der Waals surface area contributed by atoms with Crippen molar-refractivity contribution in [2.75, 3.05) is 20.1 Å². The molecule has 1 saturated heterocycles. The lowest BCUT2D eigenvalue weighted by atomic mass is 10.1. The van der Waals surface area contributed by atoms with Crippen LogP contribution in [0.15, 0.2) is 12.3 Å². The van der Waals surface area contributed by atoms with Crippen LogP contribution in [-0.4, -0.2) is 68.9 Å². The SMILES string of the molecule is CN(C(=O)c1ccn(C)n1)[C@@H]1CC[C@@H](N2CCCC2)[C@@H]1O. The monoisotopic (exact) mass is 292 g/mol. The average Bonchev–Trinajstić information content (AvgIpc) is 3.17. The molecule has 1 aromatic heterocycles. The van der Waals surface area contributed by atoms with E-state index in [1.807, 2.05) is 0 Å². The highest BCUT2D eigenvalue weighted by Gasteiger charge is 2.42. The Morgan fingerprint density at radius 1 is 1.38 bits per heavy atom. The lowest BCUT2D eigenvalue weighted by Crippen LogP contribution is -2.48. The summed E-state index contributed by atoms with van der Waals surface area (Å²) >= 11 is 0. The van der Waals surface area contributed by atoms with Crippen LogP contribution < -0.4 is 0 Å². The fraction of sp³-hybridized carbons (Fsp3) is 0.733. The predicted octanol–water partition coefficient (Wildman–Crippen LogP) is 0.480. The Labute approximate surface area is 125 Å². The van der Waals surface area contributed by atoms with Crippen molar-refractivity contribution in [3.8, 4) is 0 Å². The van der Waals surface area contributed by atoms with Crippen LogP contribution in [0.2, 0.25) is 0 Å². The number of carbonyl (C=O) groups excluding carboxylic acids is 1. The molecule has 6 heteroatoms. The van der Waals surface area contributed by atoms with Crippen molar-refractivity contribution < 1.29 is 9.90 Å². The fourth-order valence-corrected chi connectivity index (χ4v) is 3.69. The average molecular weight is 292 g/mol. The van der Waals surface area contributed by atoms with E-state index in [4.69, 9.17) is 0 Å². The molecular formula is C15H24N4O2. The second kappa shape index (κ2) is 5.77. The van der Waals surface area contributed by atoms with E-state index in [1.54, 1.807) is 35.9 Å². The Kier molecular flexibility index (Phi) is 3.99. The molecule has 2 aliphatic rings. The first-order valence-electron chi connectivity index (χ1n) is 7.77. The zero-order valence-electron chi connectivity index (χ0n) is 12.8. The maximum Gasteiger partial charge on any atom is 0.274 e. The molecule has 1 aliphatic heterocycles. The molecule has 2 fully saturated rings. The van der Waals surface area contributed by atoms with Gasteiger partial charge in [0.05, 0.1) is 12.1 Å². The number of hydrogen-bond acceptors (Lipinski definition) is 4. The van der Waals surface area contributed by atoms with Gasteiger partial charge in [0, 0.05) is 26.3 Å². The van der Waals surface area contributed by atoms with Crippen LogP contribution >= 0.6 is 0 Å². The summed E-state index contributed by atoms with van der Waals surface area (Å²) in [6.07, 6.45) is 5.57. The number of nitrogens with zero attached hydrogens (tertiary/aromatic N) is 4. The maximum atomic E-state index is 12.4. The van der Waals surface area contributed by atoms with Crippen molar-refractivity contribution in [2.45, 2.75) is 43.9 Å². The molecule has 3 rings (SSSR count). The van der Waals surface area contributed by atoms with Crippen LogP contribution in [0.5, 0.6) is 0 Å². The summed E-state index contributed by atoms with van der Waals surface area (Å²) in [5, 5.41) is 14.8. The molecular weight excluding hydrogens is 268 g/mol. The molecule has 1 amide bonds. The van der Waals surface area contributed by atoms with E-state index in [2.05, 4.69) is 10.00 Å². The van der Waals surface area contributed by atoms with Gasteiger partial charge in [0.1, 0.15) is 5.69 Å². The van der Waals surface area contributed by atoms with E-state index < -0.39 is 6.10 Å². The highest BCUT2D eigenvalue weighted by molar-refractivity contribution is 5.92. The summed E-state index contributed by atoms with van der Waals surface area (Å²) in [7, 11) is 3.57. The molecule has 1 saturated carbocycles. The van der Waals surface area contributed by atoms with Crippen molar-refractivity contribution in [3.63, 3.8) is 0 Å². The van der Waals surface area contributed by atoms with Gasteiger partial charge >= 0.3 is 0 Å². The van der Waals surface area contributed by atoms with Gasteiger partial charge < -0.3 is 10.0 Å². The normalized spacial score (nSPS) is 30.0. The Bertz CT molecular complexity index is 510. The highest BCUT2D eigenvalue weighted by atomic mass is 16.3. The van der Waals surface area contributed by atoms with Crippen molar-refractivity contribution in [1.29, 1.82) is 0 Å². The van der Waals surface area contributed by atoms with E-state index in [0.717, 1.165) is 25.9 Å². The van der Waals surface area contributed by atoms with Crippen molar-refractivity contribution >= 4 is 5.91 Å². The van der Waals surface area contributed by atoms with Gasteiger partial charge in [0.2, 0.25) is 0 Å². The first-order valence-corrected chi connectivity index (χ1v) is 7.77. The Morgan fingerprint density at radius 3 is 2.71 bits per heavy atom. The fourth-order valence-electron chi connectivity index (χ4n) is 3.69. The van der Waals surface area contributed by atoms with Crippen molar-refractivity contribution in [3.05, 3.63) is 18.0 Å². The lowest BCUT2D eigenvalue weighted by molar-refractivity contribution is 0.0293. The first-order chi connectivity index (χ1) is 10.1. The summed E-state index contributed by atoms with van der Waals surface area (Å²) < 4.78 is 1.62. The minimum Gasteiger partial charge on any atom is -0.389 e. The van der Waals surface area contributed by atoms with E-state index in [9.17, 15) is 9.90 Å². The van der Waals surface area contributed by atoms with Crippen molar-refractivity contribution in [2.24, 2.45) is 7.05 Å². The number of hydrogen-bond donors (Lipinski definition) is 1. The molecule has 21 heavy (non-hydrogen) atoms. The van der Waals surface area contributed by atoms with Crippen LogP contribution in [0.4, 0.5) is 0 Å². The summed E-state index contributed by atoms with van der Waals surface area (Å²) in [6, 6.07) is 1.82. The quantitative estimate of drug-likeness (QED) is 0.880. The molecule has 116 valence electrons. The number of aliphatic hydroxyl groups is 1. The lowest BCUT2D eigenvalue weighted by Gasteiger charge is -2.31. The Morgan fingerprint density at radius 2 is 2.10 bits per heavy atom. The van der Waals surface area contributed by atoms with Crippen molar-refractivity contribution in [1.82, 2.24) is 19.6 Å². The van der Waals surface area contributed by atoms with Gasteiger partial charge in [-0.25, -0.2) is 0 Å². The molecule has 1 aromatic rings. The topological polar surface area (TPSA) is 61.6 Å². The van der Waals surface area contributed by atoms with Crippen LogP contribution in [0, 0.1) is 0 Å². The maximum absolute atomic E-state index is 12.4. The van der Waals surface area contributed by atoms with Gasteiger partial charge in [-0.1, -0.05) is 0 Å². The van der Waals surface area contributed by atoms with E-state index in [1.165, 1.54) is 12.8 Å². The molecule has 1 aliphatic carbocycles. The molecule has 0 bridgehead atoms. The third kappa shape index (κ3) is 2.70. The zero-order chi connectivity index (χ0) is 15.0.